The summed E-state index contributed by atoms with van der Waals surface area (Å²) in [7, 11) is 0. The zero-order valence-corrected chi connectivity index (χ0v) is 12.1. The number of rotatable bonds is 2. The smallest absolute Gasteiger partial charge is 0.195 e. The number of ketones is 1. The van der Waals surface area contributed by atoms with Gasteiger partial charge in [-0.2, -0.15) is 0 Å². The molecule has 1 heterocycles. The number of halogens is 4. The SMILES string of the molecule is O=C(c1cc(F)cc(Br)c1)c1cc(Cl)sc1Cl. The molecule has 0 radical (unpaired) electrons. The highest BCUT2D eigenvalue weighted by Gasteiger charge is 2.17. The fourth-order valence-corrected chi connectivity index (χ4v) is 3.26. The van der Waals surface area contributed by atoms with Crippen molar-refractivity contribution in [3.63, 3.8) is 0 Å². The maximum atomic E-state index is 13.2. The molecular formula is C11H4BrCl2FOS. The Balaban J connectivity index is 2.47. The van der Waals surface area contributed by atoms with Crippen LogP contribution in [0.1, 0.15) is 15.9 Å². The van der Waals surface area contributed by atoms with Crippen molar-refractivity contribution in [2.75, 3.05) is 0 Å². The molecule has 17 heavy (non-hydrogen) atoms. The first-order chi connectivity index (χ1) is 7.97. The lowest BCUT2D eigenvalue weighted by molar-refractivity contribution is 0.103. The van der Waals surface area contributed by atoms with E-state index in [1.165, 1.54) is 18.2 Å². The summed E-state index contributed by atoms with van der Waals surface area (Å²) in [6, 6.07) is 5.46. The van der Waals surface area contributed by atoms with Gasteiger partial charge in [-0.1, -0.05) is 39.1 Å². The van der Waals surface area contributed by atoms with E-state index < -0.39 is 5.82 Å². The van der Waals surface area contributed by atoms with Gasteiger partial charge in [0.05, 0.1) is 9.90 Å². The molecule has 2 aromatic rings. The first kappa shape index (κ1) is 13.0. The average Bonchev–Trinajstić information content (AvgIpc) is 2.55. The molecule has 1 nitrogen and oxygen atoms in total. The van der Waals surface area contributed by atoms with Gasteiger partial charge in [0, 0.05) is 10.0 Å². The van der Waals surface area contributed by atoms with Crippen LogP contribution in [0.4, 0.5) is 4.39 Å². The molecule has 0 bridgehead atoms. The number of hydrogen-bond acceptors (Lipinski definition) is 2. The summed E-state index contributed by atoms with van der Waals surface area (Å²) < 4.78 is 14.4. The third kappa shape index (κ3) is 2.88. The van der Waals surface area contributed by atoms with Gasteiger partial charge in [0.1, 0.15) is 10.2 Å². The summed E-state index contributed by atoms with van der Waals surface area (Å²) in [5.41, 5.74) is 0.521. The summed E-state index contributed by atoms with van der Waals surface area (Å²) >= 11 is 15.9. The van der Waals surface area contributed by atoms with Gasteiger partial charge in [-0.15, -0.1) is 11.3 Å². The summed E-state index contributed by atoms with van der Waals surface area (Å²) in [4.78, 5) is 12.1. The van der Waals surface area contributed by atoms with Crippen LogP contribution >= 0.6 is 50.5 Å². The molecule has 0 spiro atoms. The first-order valence-corrected chi connectivity index (χ1v) is 6.79. The lowest BCUT2D eigenvalue weighted by atomic mass is 10.1. The number of carbonyl (C=O) groups is 1. The van der Waals surface area contributed by atoms with E-state index in [-0.39, 0.29) is 11.3 Å². The van der Waals surface area contributed by atoms with E-state index in [4.69, 9.17) is 23.2 Å². The largest absolute Gasteiger partial charge is 0.289 e. The second-order valence-corrected chi connectivity index (χ2v) is 6.43. The van der Waals surface area contributed by atoms with Gasteiger partial charge in [0.2, 0.25) is 0 Å². The second-order valence-electron chi connectivity index (χ2n) is 3.23. The minimum atomic E-state index is -0.486. The fraction of sp³-hybridized carbons (Fsp3) is 0. The third-order valence-corrected chi connectivity index (χ3v) is 3.97. The van der Waals surface area contributed by atoms with E-state index in [1.54, 1.807) is 0 Å². The predicted octanol–water partition coefficient (Wildman–Crippen LogP) is 5.19. The Morgan fingerprint density at radius 1 is 1.24 bits per heavy atom. The van der Waals surface area contributed by atoms with E-state index in [0.29, 0.717) is 18.7 Å². The molecule has 0 atom stereocenters. The van der Waals surface area contributed by atoms with Crippen molar-refractivity contribution in [1.29, 1.82) is 0 Å². The molecule has 0 aliphatic carbocycles. The number of thiophene rings is 1. The van der Waals surface area contributed by atoms with Crippen LogP contribution in [0.2, 0.25) is 8.67 Å². The van der Waals surface area contributed by atoms with Gasteiger partial charge in [-0.25, -0.2) is 4.39 Å². The standard InChI is InChI=1S/C11H4BrCl2FOS/c12-6-1-5(2-7(15)3-6)10(16)8-4-9(13)17-11(8)14/h1-4H. The molecule has 6 heteroatoms. The topological polar surface area (TPSA) is 17.1 Å². The highest BCUT2D eigenvalue weighted by molar-refractivity contribution is 9.10. The highest BCUT2D eigenvalue weighted by Crippen LogP contribution is 2.33. The van der Waals surface area contributed by atoms with E-state index in [9.17, 15) is 9.18 Å². The van der Waals surface area contributed by atoms with Crippen molar-refractivity contribution in [1.82, 2.24) is 0 Å². The van der Waals surface area contributed by atoms with E-state index in [1.807, 2.05) is 0 Å². The number of hydrogen-bond donors (Lipinski definition) is 0. The molecule has 0 saturated carbocycles. The van der Waals surface area contributed by atoms with Gasteiger partial charge >= 0.3 is 0 Å². The van der Waals surface area contributed by atoms with Gasteiger partial charge in [0.25, 0.3) is 0 Å². The molecule has 1 aromatic heterocycles. The summed E-state index contributed by atoms with van der Waals surface area (Å²) in [6.45, 7) is 0. The maximum absolute atomic E-state index is 13.2. The van der Waals surface area contributed by atoms with Crippen LogP contribution in [0.3, 0.4) is 0 Å². The average molecular weight is 354 g/mol. The van der Waals surface area contributed by atoms with Crippen LogP contribution in [0.5, 0.6) is 0 Å². The van der Waals surface area contributed by atoms with Crippen molar-refractivity contribution in [2.24, 2.45) is 0 Å². The lowest BCUT2D eigenvalue weighted by Crippen LogP contribution is -2.01. The second kappa shape index (κ2) is 5.06. The van der Waals surface area contributed by atoms with Gasteiger partial charge < -0.3 is 0 Å². The van der Waals surface area contributed by atoms with E-state index in [0.717, 1.165) is 17.4 Å². The number of benzene rings is 1. The van der Waals surface area contributed by atoms with Crippen LogP contribution in [0.15, 0.2) is 28.7 Å². The molecule has 0 N–H and O–H groups in total. The quantitative estimate of drug-likeness (QED) is 0.679. The van der Waals surface area contributed by atoms with Crippen LogP contribution in [0, 0.1) is 5.82 Å². The Kier molecular flexibility index (Phi) is 3.88. The van der Waals surface area contributed by atoms with E-state index in [2.05, 4.69) is 15.9 Å². The molecule has 2 rings (SSSR count). The Morgan fingerprint density at radius 2 is 1.94 bits per heavy atom. The minimum Gasteiger partial charge on any atom is -0.289 e. The molecule has 88 valence electrons. The first-order valence-electron chi connectivity index (χ1n) is 4.43. The number of carbonyl (C=O) groups excluding carboxylic acids is 1. The van der Waals surface area contributed by atoms with Gasteiger partial charge in [-0.05, 0) is 24.3 Å². The van der Waals surface area contributed by atoms with Gasteiger partial charge in [0.15, 0.2) is 5.78 Å². The van der Waals surface area contributed by atoms with Gasteiger partial charge in [-0.3, -0.25) is 4.79 Å². The van der Waals surface area contributed by atoms with Crippen LogP contribution in [-0.2, 0) is 0 Å². The maximum Gasteiger partial charge on any atom is 0.195 e. The van der Waals surface area contributed by atoms with Crippen molar-refractivity contribution in [3.8, 4) is 0 Å². The van der Waals surface area contributed by atoms with Crippen molar-refractivity contribution in [3.05, 3.63) is 54.4 Å². The summed E-state index contributed by atoms with van der Waals surface area (Å²) in [6.07, 6.45) is 0. The molecule has 0 amide bonds. The van der Waals surface area contributed by atoms with Crippen molar-refractivity contribution < 1.29 is 9.18 Å². The molecule has 0 aliphatic rings. The van der Waals surface area contributed by atoms with Crippen molar-refractivity contribution in [2.45, 2.75) is 0 Å². The molecule has 1 aromatic carbocycles. The lowest BCUT2D eigenvalue weighted by Gasteiger charge is -2.01. The highest BCUT2D eigenvalue weighted by atomic mass is 79.9. The Labute approximate surface area is 119 Å². The molecule has 0 unspecified atom stereocenters. The van der Waals surface area contributed by atoms with Crippen LogP contribution in [-0.4, -0.2) is 5.78 Å². The molecule has 0 fully saturated rings. The third-order valence-electron chi connectivity index (χ3n) is 2.03. The Morgan fingerprint density at radius 3 is 2.47 bits per heavy atom. The normalized spacial score (nSPS) is 10.6. The predicted molar refractivity (Wildman–Crippen MR) is 71.9 cm³/mol. The molecular weight excluding hydrogens is 350 g/mol. The van der Waals surface area contributed by atoms with Crippen molar-refractivity contribution >= 4 is 56.3 Å². The fourth-order valence-electron chi connectivity index (χ4n) is 1.34. The van der Waals surface area contributed by atoms with Crippen LogP contribution in [0.25, 0.3) is 0 Å². The zero-order valence-electron chi connectivity index (χ0n) is 8.14. The van der Waals surface area contributed by atoms with Crippen LogP contribution < -0.4 is 0 Å². The monoisotopic (exact) mass is 352 g/mol. The minimum absolute atomic E-state index is 0.230. The summed E-state index contributed by atoms with van der Waals surface area (Å²) in [5.74, 6) is -0.835. The zero-order chi connectivity index (χ0) is 12.6. The molecule has 0 saturated heterocycles. The summed E-state index contributed by atoms with van der Waals surface area (Å²) in [5, 5.41) is 0. The van der Waals surface area contributed by atoms with E-state index >= 15 is 0 Å². The Bertz CT molecular complexity index is 577. The molecule has 0 aliphatic heterocycles. The Hall–Kier alpha value is -0.420.